The number of carboxylic acid groups (broad SMARTS) is 1. The van der Waals surface area contributed by atoms with Gasteiger partial charge in [-0.2, -0.15) is 0 Å². The fourth-order valence-electron chi connectivity index (χ4n) is 2.06. The lowest BCUT2D eigenvalue weighted by Crippen LogP contribution is -2.00. The van der Waals surface area contributed by atoms with Crippen LogP contribution in [-0.4, -0.2) is 21.0 Å². The van der Waals surface area contributed by atoms with Gasteiger partial charge in [0, 0.05) is 11.6 Å². The summed E-state index contributed by atoms with van der Waals surface area (Å²) in [7, 11) is 0. The number of hydrogen-bond donors (Lipinski definition) is 3. The van der Waals surface area contributed by atoms with Crippen molar-refractivity contribution in [1.82, 2.24) is 9.97 Å². The van der Waals surface area contributed by atoms with Crippen molar-refractivity contribution in [3.63, 3.8) is 0 Å². The van der Waals surface area contributed by atoms with Crippen molar-refractivity contribution in [1.29, 1.82) is 0 Å². The number of aromatic nitrogens is 2. The average molecular weight is 302 g/mol. The number of benzene rings is 2. The molecule has 0 fully saturated rings. The third-order valence-corrected chi connectivity index (χ3v) is 3.31. The molecule has 3 aromatic rings. The summed E-state index contributed by atoms with van der Waals surface area (Å²) in [5.74, 6) is -0.368. The molecule has 21 heavy (non-hydrogen) atoms. The van der Waals surface area contributed by atoms with Crippen LogP contribution in [0, 0.1) is 0 Å². The molecule has 3 rings (SSSR count). The first-order valence-electron chi connectivity index (χ1n) is 6.33. The van der Waals surface area contributed by atoms with Gasteiger partial charge in [-0.15, -0.1) is 0 Å². The van der Waals surface area contributed by atoms with E-state index in [9.17, 15) is 4.79 Å². The van der Waals surface area contributed by atoms with E-state index in [2.05, 4.69) is 15.3 Å². The zero-order valence-electron chi connectivity index (χ0n) is 10.9. The summed E-state index contributed by atoms with van der Waals surface area (Å²) in [6, 6.07) is 12.3. The topological polar surface area (TPSA) is 78.0 Å². The molecule has 0 spiro atoms. The standard InChI is InChI=1S/C15H12ClN3O2/c16-11-3-1-2-9(6-11)8-17-15-18-12-5-4-10(14(20)21)7-13(12)19-15/h1-7H,8H2,(H,20,21)(H2,17,18,19). The third kappa shape index (κ3) is 2.98. The van der Waals surface area contributed by atoms with Crippen LogP contribution in [0.5, 0.6) is 0 Å². The van der Waals surface area contributed by atoms with Gasteiger partial charge in [-0.3, -0.25) is 0 Å². The molecule has 0 bridgehead atoms. The minimum Gasteiger partial charge on any atom is -0.478 e. The van der Waals surface area contributed by atoms with Gasteiger partial charge in [-0.1, -0.05) is 23.7 Å². The fraction of sp³-hybridized carbons (Fsp3) is 0.0667. The number of anilines is 1. The number of aromatic amines is 1. The van der Waals surface area contributed by atoms with Gasteiger partial charge in [-0.25, -0.2) is 9.78 Å². The molecule has 5 nitrogen and oxygen atoms in total. The predicted octanol–water partition coefficient (Wildman–Crippen LogP) is 3.53. The van der Waals surface area contributed by atoms with Crippen LogP contribution in [0.4, 0.5) is 5.95 Å². The molecule has 0 unspecified atom stereocenters. The number of hydrogen-bond acceptors (Lipinski definition) is 3. The Balaban J connectivity index is 1.80. The average Bonchev–Trinajstić information content (AvgIpc) is 2.87. The minimum absolute atomic E-state index is 0.229. The molecule has 0 radical (unpaired) electrons. The number of carboxylic acids is 1. The van der Waals surface area contributed by atoms with E-state index in [4.69, 9.17) is 16.7 Å². The lowest BCUT2D eigenvalue weighted by molar-refractivity contribution is 0.0697. The Labute approximate surface area is 125 Å². The number of aromatic carboxylic acids is 1. The highest BCUT2D eigenvalue weighted by Crippen LogP contribution is 2.17. The molecule has 6 heteroatoms. The Kier molecular flexibility index (Phi) is 3.50. The van der Waals surface area contributed by atoms with Crippen molar-refractivity contribution in [2.24, 2.45) is 0 Å². The Bertz CT molecular complexity index is 814. The lowest BCUT2D eigenvalue weighted by Gasteiger charge is -2.03. The normalized spacial score (nSPS) is 10.7. The Hall–Kier alpha value is -2.53. The van der Waals surface area contributed by atoms with Gasteiger partial charge in [0.2, 0.25) is 5.95 Å². The SMILES string of the molecule is O=C(O)c1ccc2nc(NCc3cccc(Cl)c3)[nH]c2c1. The van der Waals surface area contributed by atoms with Crippen molar-refractivity contribution >= 4 is 34.6 Å². The largest absolute Gasteiger partial charge is 0.478 e. The maximum absolute atomic E-state index is 10.9. The first kappa shape index (κ1) is 13.5. The first-order valence-corrected chi connectivity index (χ1v) is 6.71. The molecule has 0 saturated heterocycles. The van der Waals surface area contributed by atoms with Crippen LogP contribution in [0.3, 0.4) is 0 Å². The molecule has 3 N–H and O–H groups in total. The van der Waals surface area contributed by atoms with Gasteiger partial charge < -0.3 is 15.4 Å². The Morgan fingerprint density at radius 3 is 2.90 bits per heavy atom. The number of imidazole rings is 1. The van der Waals surface area contributed by atoms with Gasteiger partial charge in [-0.05, 0) is 35.9 Å². The van der Waals surface area contributed by atoms with Crippen LogP contribution < -0.4 is 5.32 Å². The molecule has 2 aromatic carbocycles. The van der Waals surface area contributed by atoms with Crippen LogP contribution in [0.15, 0.2) is 42.5 Å². The number of halogens is 1. The highest BCUT2D eigenvalue weighted by atomic mass is 35.5. The van der Waals surface area contributed by atoms with E-state index in [1.807, 2.05) is 24.3 Å². The van der Waals surface area contributed by atoms with E-state index in [0.717, 1.165) is 5.56 Å². The summed E-state index contributed by atoms with van der Waals surface area (Å²) in [5.41, 5.74) is 2.67. The highest BCUT2D eigenvalue weighted by Gasteiger charge is 2.07. The number of H-pyrrole nitrogens is 1. The number of nitrogens with zero attached hydrogens (tertiary/aromatic N) is 1. The third-order valence-electron chi connectivity index (χ3n) is 3.08. The molecule has 0 aliphatic rings. The number of fused-ring (bicyclic) bond motifs is 1. The van der Waals surface area contributed by atoms with Crippen molar-refractivity contribution in [2.45, 2.75) is 6.54 Å². The van der Waals surface area contributed by atoms with Gasteiger partial charge >= 0.3 is 5.97 Å². The van der Waals surface area contributed by atoms with Crippen LogP contribution in [0.1, 0.15) is 15.9 Å². The quantitative estimate of drug-likeness (QED) is 0.689. The summed E-state index contributed by atoms with van der Waals surface area (Å²) >= 11 is 5.93. The highest BCUT2D eigenvalue weighted by molar-refractivity contribution is 6.30. The summed E-state index contributed by atoms with van der Waals surface area (Å²) in [4.78, 5) is 18.3. The molecular formula is C15H12ClN3O2. The Morgan fingerprint density at radius 2 is 2.14 bits per heavy atom. The zero-order valence-corrected chi connectivity index (χ0v) is 11.7. The maximum atomic E-state index is 10.9. The van der Waals surface area contributed by atoms with Crippen molar-refractivity contribution in [2.75, 3.05) is 5.32 Å². The summed E-state index contributed by atoms with van der Waals surface area (Å²) in [6.45, 7) is 0.576. The molecule has 0 atom stereocenters. The van der Waals surface area contributed by atoms with Crippen LogP contribution in [0.25, 0.3) is 11.0 Å². The zero-order chi connectivity index (χ0) is 14.8. The smallest absolute Gasteiger partial charge is 0.335 e. The second-order valence-electron chi connectivity index (χ2n) is 4.61. The van der Waals surface area contributed by atoms with Gasteiger partial charge in [0.1, 0.15) is 0 Å². The molecular weight excluding hydrogens is 290 g/mol. The second kappa shape index (κ2) is 5.46. The summed E-state index contributed by atoms with van der Waals surface area (Å²) in [5, 5.41) is 12.8. The van der Waals surface area contributed by atoms with E-state index < -0.39 is 5.97 Å². The second-order valence-corrected chi connectivity index (χ2v) is 5.04. The molecule has 106 valence electrons. The first-order chi connectivity index (χ1) is 10.1. The van der Waals surface area contributed by atoms with Crippen molar-refractivity contribution in [3.8, 4) is 0 Å². The van der Waals surface area contributed by atoms with Crippen LogP contribution >= 0.6 is 11.6 Å². The monoisotopic (exact) mass is 301 g/mol. The van der Waals surface area contributed by atoms with Gasteiger partial charge in [0.05, 0.1) is 16.6 Å². The van der Waals surface area contributed by atoms with E-state index in [1.54, 1.807) is 12.1 Å². The molecule has 0 amide bonds. The fourth-order valence-corrected chi connectivity index (χ4v) is 2.27. The van der Waals surface area contributed by atoms with Gasteiger partial charge in [0.15, 0.2) is 0 Å². The van der Waals surface area contributed by atoms with Crippen molar-refractivity contribution in [3.05, 3.63) is 58.6 Å². The van der Waals surface area contributed by atoms with E-state index >= 15 is 0 Å². The van der Waals surface area contributed by atoms with E-state index in [-0.39, 0.29) is 5.56 Å². The van der Waals surface area contributed by atoms with E-state index in [0.29, 0.717) is 28.5 Å². The molecule has 0 saturated carbocycles. The number of rotatable bonds is 4. The summed E-state index contributed by atoms with van der Waals surface area (Å²) in [6.07, 6.45) is 0. The van der Waals surface area contributed by atoms with E-state index in [1.165, 1.54) is 6.07 Å². The van der Waals surface area contributed by atoms with Crippen LogP contribution in [0.2, 0.25) is 5.02 Å². The van der Waals surface area contributed by atoms with Crippen molar-refractivity contribution < 1.29 is 9.90 Å². The van der Waals surface area contributed by atoms with Crippen LogP contribution in [-0.2, 0) is 6.54 Å². The number of carbonyl (C=O) groups is 1. The predicted molar refractivity (Wildman–Crippen MR) is 81.8 cm³/mol. The molecule has 0 aliphatic carbocycles. The lowest BCUT2D eigenvalue weighted by atomic mass is 10.2. The Morgan fingerprint density at radius 1 is 1.29 bits per heavy atom. The summed E-state index contributed by atoms with van der Waals surface area (Å²) < 4.78 is 0. The molecule has 0 aliphatic heterocycles. The minimum atomic E-state index is -0.958. The van der Waals surface area contributed by atoms with Gasteiger partial charge in [0.25, 0.3) is 0 Å². The number of nitrogens with one attached hydrogen (secondary N) is 2. The maximum Gasteiger partial charge on any atom is 0.335 e. The molecule has 1 heterocycles. The molecule has 1 aromatic heterocycles.